The molecule has 1 aliphatic heterocycles. The molecule has 19 heavy (non-hydrogen) atoms. The van der Waals surface area contributed by atoms with Crippen LogP contribution in [0.1, 0.15) is 17.0 Å². The van der Waals surface area contributed by atoms with Crippen molar-refractivity contribution in [2.24, 2.45) is 0 Å². The van der Waals surface area contributed by atoms with Gasteiger partial charge < -0.3 is 5.32 Å². The zero-order valence-corrected chi connectivity index (χ0v) is 13.0. The maximum atomic E-state index is 4.51. The molecule has 0 amide bonds. The molecule has 0 aliphatic carbocycles. The number of rotatable bonds is 3. The van der Waals surface area contributed by atoms with Gasteiger partial charge in [0.25, 0.3) is 0 Å². The number of nitrogens with zero attached hydrogens (tertiary/aromatic N) is 2. The molecule has 1 atom stereocenters. The molecule has 3 rings (SSSR count). The highest BCUT2D eigenvalue weighted by Gasteiger charge is 2.19. The van der Waals surface area contributed by atoms with Gasteiger partial charge in [-0.2, -0.15) is 0 Å². The quantitative estimate of drug-likeness (QED) is 0.944. The van der Waals surface area contributed by atoms with Gasteiger partial charge in [0, 0.05) is 19.1 Å². The van der Waals surface area contributed by atoms with Crippen molar-refractivity contribution in [2.45, 2.75) is 25.9 Å². The van der Waals surface area contributed by atoms with Crippen LogP contribution >= 0.6 is 23.7 Å². The number of thiazole rings is 1. The van der Waals surface area contributed by atoms with E-state index in [-0.39, 0.29) is 12.4 Å². The van der Waals surface area contributed by atoms with Gasteiger partial charge in [-0.15, -0.1) is 23.7 Å². The zero-order valence-electron chi connectivity index (χ0n) is 11.3. The Morgan fingerprint density at radius 3 is 3.05 bits per heavy atom. The standard InChI is InChI=1S/C14H19N3S.ClH/c1-10-16-13-4-3-11(7-14(13)18-10)9-17(2)12-5-6-15-8-12;/h3-4,7,12,15H,5-6,8-9H2,1-2H3;1H. The first-order valence-electron chi connectivity index (χ1n) is 6.49. The van der Waals surface area contributed by atoms with Gasteiger partial charge in [-0.25, -0.2) is 4.98 Å². The third kappa shape index (κ3) is 3.26. The first-order chi connectivity index (χ1) is 8.72. The minimum absolute atomic E-state index is 0. The van der Waals surface area contributed by atoms with Crippen LogP contribution in [0, 0.1) is 6.92 Å². The highest BCUT2D eigenvalue weighted by molar-refractivity contribution is 7.18. The lowest BCUT2D eigenvalue weighted by Crippen LogP contribution is -2.32. The topological polar surface area (TPSA) is 28.2 Å². The first-order valence-corrected chi connectivity index (χ1v) is 7.31. The number of likely N-dealkylation sites (N-methyl/N-ethyl adjacent to an activating group) is 1. The average molecular weight is 298 g/mol. The van der Waals surface area contributed by atoms with Crippen molar-refractivity contribution >= 4 is 34.0 Å². The number of nitrogens with one attached hydrogen (secondary N) is 1. The van der Waals surface area contributed by atoms with E-state index < -0.39 is 0 Å². The summed E-state index contributed by atoms with van der Waals surface area (Å²) in [6.07, 6.45) is 1.26. The second kappa shape index (κ2) is 6.18. The van der Waals surface area contributed by atoms with Crippen LogP contribution < -0.4 is 5.32 Å². The molecule has 0 saturated carbocycles. The number of hydrogen-bond donors (Lipinski definition) is 1. The fraction of sp³-hybridized carbons (Fsp3) is 0.500. The van der Waals surface area contributed by atoms with E-state index in [1.54, 1.807) is 11.3 Å². The molecule has 1 saturated heterocycles. The second-order valence-electron chi connectivity index (χ2n) is 5.10. The first kappa shape index (κ1) is 14.7. The molecule has 0 radical (unpaired) electrons. The number of aryl methyl sites for hydroxylation is 1. The number of hydrogen-bond acceptors (Lipinski definition) is 4. The van der Waals surface area contributed by atoms with Gasteiger partial charge >= 0.3 is 0 Å². The largest absolute Gasteiger partial charge is 0.315 e. The molecule has 2 aromatic rings. The monoisotopic (exact) mass is 297 g/mol. The Morgan fingerprint density at radius 2 is 2.32 bits per heavy atom. The van der Waals surface area contributed by atoms with E-state index in [0.717, 1.165) is 30.2 Å². The smallest absolute Gasteiger partial charge is 0.0907 e. The van der Waals surface area contributed by atoms with Gasteiger partial charge in [-0.3, -0.25) is 4.90 Å². The highest BCUT2D eigenvalue weighted by atomic mass is 35.5. The van der Waals surface area contributed by atoms with Crippen LogP contribution in [0.25, 0.3) is 10.2 Å². The van der Waals surface area contributed by atoms with Crippen LogP contribution in [0.15, 0.2) is 18.2 Å². The normalized spacial score (nSPS) is 19.0. The molecule has 1 aliphatic rings. The van der Waals surface area contributed by atoms with E-state index in [4.69, 9.17) is 0 Å². The van der Waals surface area contributed by atoms with Crippen molar-refractivity contribution in [3.8, 4) is 0 Å². The lowest BCUT2D eigenvalue weighted by Gasteiger charge is -2.23. The fourth-order valence-electron chi connectivity index (χ4n) is 2.62. The molecule has 5 heteroatoms. The number of aromatic nitrogens is 1. The highest BCUT2D eigenvalue weighted by Crippen LogP contribution is 2.23. The van der Waals surface area contributed by atoms with Crippen LogP contribution in [0.4, 0.5) is 0 Å². The van der Waals surface area contributed by atoms with Gasteiger partial charge in [0.1, 0.15) is 0 Å². The molecular weight excluding hydrogens is 278 g/mol. The molecule has 1 aromatic heterocycles. The van der Waals surface area contributed by atoms with Crippen molar-refractivity contribution < 1.29 is 0 Å². The minimum atomic E-state index is 0. The summed E-state index contributed by atoms with van der Waals surface area (Å²) in [4.78, 5) is 6.96. The van der Waals surface area contributed by atoms with Gasteiger partial charge in [-0.1, -0.05) is 6.07 Å². The molecule has 1 aromatic carbocycles. The lowest BCUT2D eigenvalue weighted by atomic mass is 10.1. The Bertz CT molecular complexity index is 549. The summed E-state index contributed by atoms with van der Waals surface area (Å²) in [5.74, 6) is 0. The zero-order chi connectivity index (χ0) is 12.5. The molecule has 2 heterocycles. The molecule has 1 unspecified atom stereocenters. The van der Waals surface area contributed by atoms with E-state index >= 15 is 0 Å². The van der Waals surface area contributed by atoms with Crippen LogP contribution in [0.2, 0.25) is 0 Å². The summed E-state index contributed by atoms with van der Waals surface area (Å²) in [5.41, 5.74) is 2.52. The van der Waals surface area contributed by atoms with Crippen LogP contribution in [-0.4, -0.2) is 36.1 Å². The van der Waals surface area contributed by atoms with Crippen LogP contribution in [-0.2, 0) is 6.54 Å². The van der Waals surface area contributed by atoms with Crippen molar-refractivity contribution in [3.63, 3.8) is 0 Å². The van der Waals surface area contributed by atoms with E-state index in [1.807, 2.05) is 0 Å². The molecule has 104 valence electrons. The lowest BCUT2D eigenvalue weighted by molar-refractivity contribution is 0.249. The molecular formula is C14H20ClN3S. The summed E-state index contributed by atoms with van der Waals surface area (Å²) >= 11 is 1.78. The van der Waals surface area contributed by atoms with E-state index in [2.05, 4.69) is 47.4 Å². The Hall–Kier alpha value is -0.680. The van der Waals surface area contributed by atoms with E-state index in [9.17, 15) is 0 Å². The Morgan fingerprint density at radius 1 is 1.47 bits per heavy atom. The minimum Gasteiger partial charge on any atom is -0.315 e. The molecule has 1 fully saturated rings. The Kier molecular flexibility index (Phi) is 4.79. The maximum absolute atomic E-state index is 4.51. The summed E-state index contributed by atoms with van der Waals surface area (Å²) in [6, 6.07) is 7.33. The van der Waals surface area contributed by atoms with Crippen molar-refractivity contribution in [2.75, 3.05) is 20.1 Å². The summed E-state index contributed by atoms with van der Waals surface area (Å²) in [5, 5.41) is 4.57. The van der Waals surface area contributed by atoms with Crippen molar-refractivity contribution in [3.05, 3.63) is 28.8 Å². The second-order valence-corrected chi connectivity index (χ2v) is 6.33. The van der Waals surface area contributed by atoms with Crippen molar-refractivity contribution in [1.82, 2.24) is 15.2 Å². The average Bonchev–Trinajstić information content (AvgIpc) is 2.95. The number of halogens is 1. The third-order valence-corrected chi connectivity index (χ3v) is 4.58. The Labute approximate surface area is 124 Å². The van der Waals surface area contributed by atoms with Gasteiger partial charge in [0.05, 0.1) is 15.2 Å². The van der Waals surface area contributed by atoms with Crippen molar-refractivity contribution in [1.29, 1.82) is 0 Å². The predicted octanol–water partition coefficient (Wildman–Crippen LogP) is 2.82. The number of benzene rings is 1. The summed E-state index contributed by atoms with van der Waals surface area (Å²) in [6.45, 7) is 5.38. The van der Waals surface area contributed by atoms with Crippen LogP contribution in [0.3, 0.4) is 0 Å². The Balaban J connectivity index is 0.00000133. The fourth-order valence-corrected chi connectivity index (χ4v) is 3.51. The summed E-state index contributed by atoms with van der Waals surface area (Å²) < 4.78 is 1.31. The summed E-state index contributed by atoms with van der Waals surface area (Å²) in [7, 11) is 2.22. The van der Waals surface area contributed by atoms with Gasteiger partial charge in [0.15, 0.2) is 0 Å². The maximum Gasteiger partial charge on any atom is 0.0907 e. The molecule has 1 N–H and O–H groups in total. The van der Waals surface area contributed by atoms with E-state index in [0.29, 0.717) is 6.04 Å². The van der Waals surface area contributed by atoms with Crippen LogP contribution in [0.5, 0.6) is 0 Å². The van der Waals surface area contributed by atoms with Gasteiger partial charge in [0.2, 0.25) is 0 Å². The molecule has 3 nitrogen and oxygen atoms in total. The van der Waals surface area contributed by atoms with Gasteiger partial charge in [-0.05, 0) is 44.6 Å². The molecule has 0 spiro atoms. The third-order valence-electron chi connectivity index (χ3n) is 3.65. The van der Waals surface area contributed by atoms with E-state index in [1.165, 1.54) is 16.7 Å². The SMILES string of the molecule is Cc1nc2ccc(CN(C)C3CCNC3)cc2s1.Cl. The number of fused-ring (bicyclic) bond motifs is 1. The molecule has 0 bridgehead atoms. The predicted molar refractivity (Wildman–Crippen MR) is 84.3 cm³/mol.